The number of alkyl halides is 2. The second kappa shape index (κ2) is 5.81. The zero-order valence-corrected chi connectivity index (χ0v) is 12.8. The topological polar surface area (TPSA) is 17.1 Å². The maximum absolute atomic E-state index is 12.2. The van der Waals surface area contributed by atoms with Crippen molar-refractivity contribution in [2.24, 2.45) is 0 Å². The number of ketones is 1. The summed E-state index contributed by atoms with van der Waals surface area (Å²) in [6.45, 7) is 0. The van der Waals surface area contributed by atoms with Crippen molar-refractivity contribution < 1.29 is 4.79 Å². The van der Waals surface area contributed by atoms with Gasteiger partial charge >= 0.3 is 0 Å². The molecule has 0 saturated carbocycles. The molecule has 0 aliphatic rings. The Morgan fingerprint density at radius 2 is 1.39 bits per heavy atom. The number of benzene rings is 2. The Balaban J connectivity index is 2.17. The van der Waals surface area contributed by atoms with Crippen LogP contribution in [0.5, 0.6) is 0 Å². The molecule has 2 aromatic rings. The molecule has 0 amide bonds. The Morgan fingerprint density at radius 3 is 1.94 bits per heavy atom. The fraction of sp³-hybridized carbons (Fsp3) is 0.133. The van der Waals surface area contributed by atoms with Gasteiger partial charge in [-0.15, -0.1) is 0 Å². The number of carbonyl (C=O) groups excluding carboxylic acids is 1. The lowest BCUT2D eigenvalue weighted by Gasteiger charge is -2.20. The van der Waals surface area contributed by atoms with Gasteiger partial charge in [-0.1, -0.05) is 92.5 Å². The standard InChI is InChI=1S/C15H12Br2O/c16-15(17,13-9-5-2-6-10-13)11-14(18)12-7-3-1-4-8-12/h1-10H,11H2. The normalized spacial score (nSPS) is 11.2. The second-order valence-electron chi connectivity index (χ2n) is 4.04. The summed E-state index contributed by atoms with van der Waals surface area (Å²) in [6, 6.07) is 19.2. The van der Waals surface area contributed by atoms with E-state index in [2.05, 4.69) is 31.9 Å². The van der Waals surface area contributed by atoms with Gasteiger partial charge in [-0.3, -0.25) is 4.79 Å². The van der Waals surface area contributed by atoms with Gasteiger partial charge in [0.05, 0.1) is 0 Å². The van der Waals surface area contributed by atoms with Crippen molar-refractivity contribution in [2.45, 2.75) is 9.65 Å². The maximum Gasteiger partial charge on any atom is 0.165 e. The molecule has 0 unspecified atom stereocenters. The predicted octanol–water partition coefficient (Wildman–Crippen LogP) is 4.90. The van der Waals surface area contributed by atoms with Gasteiger partial charge in [0.2, 0.25) is 0 Å². The van der Waals surface area contributed by atoms with Crippen LogP contribution < -0.4 is 0 Å². The first-order valence-corrected chi connectivity index (χ1v) is 7.20. The average Bonchev–Trinajstić information content (AvgIpc) is 2.40. The Bertz CT molecular complexity index is 521. The molecule has 0 aliphatic heterocycles. The number of carbonyl (C=O) groups is 1. The van der Waals surface area contributed by atoms with Gasteiger partial charge in [-0.25, -0.2) is 0 Å². The van der Waals surface area contributed by atoms with Crippen molar-refractivity contribution in [1.29, 1.82) is 0 Å². The Morgan fingerprint density at radius 1 is 0.889 bits per heavy atom. The van der Waals surface area contributed by atoms with E-state index in [0.29, 0.717) is 6.42 Å². The van der Waals surface area contributed by atoms with Crippen molar-refractivity contribution >= 4 is 37.6 Å². The molecule has 0 saturated heterocycles. The molecule has 2 aromatic carbocycles. The molecule has 0 fully saturated rings. The third-order valence-electron chi connectivity index (χ3n) is 2.67. The molecule has 0 spiro atoms. The van der Waals surface area contributed by atoms with Gasteiger partial charge in [-0.05, 0) is 5.56 Å². The summed E-state index contributed by atoms with van der Waals surface area (Å²) < 4.78 is -0.506. The molecule has 0 bridgehead atoms. The van der Waals surface area contributed by atoms with Crippen LogP contribution in [-0.4, -0.2) is 5.78 Å². The highest BCUT2D eigenvalue weighted by Crippen LogP contribution is 2.42. The highest BCUT2D eigenvalue weighted by atomic mass is 79.9. The highest BCUT2D eigenvalue weighted by Gasteiger charge is 2.28. The van der Waals surface area contributed by atoms with Crippen molar-refractivity contribution in [3.8, 4) is 0 Å². The molecular formula is C15H12Br2O. The number of hydrogen-bond acceptors (Lipinski definition) is 1. The monoisotopic (exact) mass is 366 g/mol. The van der Waals surface area contributed by atoms with Gasteiger partial charge in [0, 0.05) is 12.0 Å². The van der Waals surface area contributed by atoms with E-state index in [0.717, 1.165) is 11.1 Å². The zero-order chi connectivity index (χ0) is 13.0. The minimum absolute atomic E-state index is 0.105. The number of halogens is 2. The first kappa shape index (κ1) is 13.5. The minimum Gasteiger partial charge on any atom is -0.294 e. The van der Waals surface area contributed by atoms with E-state index >= 15 is 0 Å². The SMILES string of the molecule is O=C(CC(Br)(Br)c1ccccc1)c1ccccc1. The Labute approximate surface area is 123 Å². The molecule has 0 heterocycles. The maximum atomic E-state index is 12.2. The molecule has 0 aliphatic carbocycles. The summed E-state index contributed by atoms with van der Waals surface area (Å²) in [6.07, 6.45) is 0.362. The van der Waals surface area contributed by atoms with Crippen LogP contribution in [0.1, 0.15) is 22.3 Å². The lowest BCUT2D eigenvalue weighted by molar-refractivity contribution is 0.0980. The largest absolute Gasteiger partial charge is 0.294 e. The summed E-state index contributed by atoms with van der Waals surface area (Å²) in [5.74, 6) is 0.105. The van der Waals surface area contributed by atoms with E-state index in [1.165, 1.54) is 0 Å². The van der Waals surface area contributed by atoms with Crippen molar-refractivity contribution in [3.05, 3.63) is 71.8 Å². The Hall–Kier alpha value is -0.930. The fourth-order valence-electron chi connectivity index (χ4n) is 1.71. The Kier molecular flexibility index (Phi) is 4.36. The number of Topliss-reactive ketones (excluding diaryl/α,β-unsaturated/α-hetero) is 1. The first-order valence-electron chi connectivity index (χ1n) is 5.61. The molecule has 0 aromatic heterocycles. The third-order valence-corrected chi connectivity index (χ3v) is 4.15. The lowest BCUT2D eigenvalue weighted by Crippen LogP contribution is -2.15. The van der Waals surface area contributed by atoms with E-state index in [-0.39, 0.29) is 5.78 Å². The molecule has 92 valence electrons. The van der Waals surface area contributed by atoms with Crippen LogP contribution >= 0.6 is 31.9 Å². The molecule has 3 heteroatoms. The van der Waals surface area contributed by atoms with E-state index < -0.39 is 3.23 Å². The van der Waals surface area contributed by atoms with Gasteiger partial charge < -0.3 is 0 Å². The van der Waals surface area contributed by atoms with Gasteiger partial charge in [0.1, 0.15) is 3.23 Å². The van der Waals surface area contributed by atoms with Crippen LogP contribution in [-0.2, 0) is 3.23 Å². The van der Waals surface area contributed by atoms with Crippen LogP contribution in [0, 0.1) is 0 Å². The van der Waals surface area contributed by atoms with E-state index in [1.807, 2.05) is 60.7 Å². The summed E-state index contributed by atoms with van der Waals surface area (Å²) in [5.41, 5.74) is 1.77. The van der Waals surface area contributed by atoms with E-state index in [9.17, 15) is 4.79 Å². The molecule has 0 radical (unpaired) electrons. The first-order chi connectivity index (χ1) is 8.59. The summed E-state index contributed by atoms with van der Waals surface area (Å²) in [4.78, 5) is 12.2. The van der Waals surface area contributed by atoms with E-state index in [1.54, 1.807) is 0 Å². The molecule has 2 rings (SSSR count). The molecule has 18 heavy (non-hydrogen) atoms. The summed E-state index contributed by atoms with van der Waals surface area (Å²) >= 11 is 7.17. The van der Waals surface area contributed by atoms with Crippen molar-refractivity contribution in [2.75, 3.05) is 0 Å². The molecule has 0 atom stereocenters. The molecule has 0 N–H and O–H groups in total. The van der Waals surface area contributed by atoms with Crippen LogP contribution in [0.15, 0.2) is 60.7 Å². The fourth-order valence-corrected chi connectivity index (χ4v) is 2.75. The minimum atomic E-state index is -0.506. The number of rotatable bonds is 4. The molecular weight excluding hydrogens is 356 g/mol. The van der Waals surface area contributed by atoms with Gasteiger partial charge in [0.25, 0.3) is 0 Å². The van der Waals surface area contributed by atoms with Crippen LogP contribution in [0.4, 0.5) is 0 Å². The molecule has 1 nitrogen and oxygen atoms in total. The summed E-state index contributed by atoms with van der Waals surface area (Å²) in [7, 11) is 0. The quantitative estimate of drug-likeness (QED) is 0.554. The van der Waals surface area contributed by atoms with Gasteiger partial charge in [-0.2, -0.15) is 0 Å². The lowest BCUT2D eigenvalue weighted by atomic mass is 10.0. The smallest absolute Gasteiger partial charge is 0.165 e. The zero-order valence-electron chi connectivity index (χ0n) is 9.64. The van der Waals surface area contributed by atoms with Crippen LogP contribution in [0.3, 0.4) is 0 Å². The van der Waals surface area contributed by atoms with Crippen LogP contribution in [0.2, 0.25) is 0 Å². The van der Waals surface area contributed by atoms with Crippen molar-refractivity contribution in [3.63, 3.8) is 0 Å². The van der Waals surface area contributed by atoms with E-state index in [4.69, 9.17) is 0 Å². The second-order valence-corrected chi connectivity index (χ2v) is 7.81. The van der Waals surface area contributed by atoms with Crippen molar-refractivity contribution in [1.82, 2.24) is 0 Å². The number of hydrogen-bond donors (Lipinski definition) is 0. The average molecular weight is 368 g/mol. The predicted molar refractivity (Wildman–Crippen MR) is 81.4 cm³/mol. The third kappa shape index (κ3) is 3.30. The van der Waals surface area contributed by atoms with Crippen LogP contribution in [0.25, 0.3) is 0 Å². The summed E-state index contributed by atoms with van der Waals surface area (Å²) in [5, 5.41) is 0. The van der Waals surface area contributed by atoms with Gasteiger partial charge in [0.15, 0.2) is 5.78 Å². The highest BCUT2D eigenvalue weighted by molar-refractivity contribution is 9.24.